The first-order chi connectivity index (χ1) is 12.5. The molecule has 0 atom stereocenters. The maximum Gasteiger partial charge on any atom is 0.142 e. The highest BCUT2D eigenvalue weighted by molar-refractivity contribution is 5.51. The lowest BCUT2D eigenvalue weighted by Crippen LogP contribution is -2.05. The molecule has 0 aliphatic carbocycles. The molecule has 0 amide bonds. The van der Waals surface area contributed by atoms with E-state index in [2.05, 4.69) is 17.9 Å². The number of rotatable bonds is 4. The molecule has 0 saturated carbocycles. The van der Waals surface area contributed by atoms with E-state index in [-0.39, 0.29) is 0 Å². The van der Waals surface area contributed by atoms with Gasteiger partial charge < -0.3 is 9.64 Å². The molecule has 0 aliphatic rings. The summed E-state index contributed by atoms with van der Waals surface area (Å²) in [7, 11) is 3.75. The number of ether oxygens (including phenoxy) is 1. The van der Waals surface area contributed by atoms with Crippen molar-refractivity contribution in [3.05, 3.63) is 89.1 Å². The number of allylic oxidation sites excluding steroid dienone is 2. The van der Waals surface area contributed by atoms with Crippen molar-refractivity contribution < 1.29 is 9.13 Å². The van der Waals surface area contributed by atoms with E-state index in [1.165, 1.54) is 12.1 Å². The zero-order valence-corrected chi connectivity index (χ0v) is 15.0. The molecular formula is C22H19FN2O. The molecule has 4 heteroatoms. The van der Waals surface area contributed by atoms with Gasteiger partial charge in [0.15, 0.2) is 0 Å². The first-order valence-corrected chi connectivity index (χ1v) is 8.02. The third-order valence-electron chi connectivity index (χ3n) is 3.21. The van der Waals surface area contributed by atoms with Crippen molar-refractivity contribution in [2.75, 3.05) is 14.1 Å². The van der Waals surface area contributed by atoms with Crippen LogP contribution in [0.5, 0.6) is 5.75 Å². The van der Waals surface area contributed by atoms with Gasteiger partial charge in [-0.25, -0.2) is 4.39 Å². The van der Waals surface area contributed by atoms with Crippen molar-refractivity contribution in [2.24, 2.45) is 0 Å². The molecule has 2 aromatic carbocycles. The second-order valence-electron chi connectivity index (χ2n) is 5.68. The average Bonchev–Trinajstić information content (AvgIpc) is 2.59. The topological polar surface area (TPSA) is 36.3 Å². The van der Waals surface area contributed by atoms with E-state index in [0.717, 1.165) is 0 Å². The fraction of sp³-hybridized carbons (Fsp3) is 0.136. The average molecular weight is 346 g/mol. The van der Waals surface area contributed by atoms with Gasteiger partial charge in [0, 0.05) is 37.5 Å². The number of nitrogens with zero attached hydrogens (tertiary/aromatic N) is 2. The van der Waals surface area contributed by atoms with Crippen LogP contribution in [0.4, 0.5) is 4.39 Å². The van der Waals surface area contributed by atoms with Crippen LogP contribution < -0.4 is 4.74 Å². The van der Waals surface area contributed by atoms with E-state index < -0.39 is 5.82 Å². The summed E-state index contributed by atoms with van der Waals surface area (Å²) in [6, 6.07) is 13.4. The lowest BCUT2D eigenvalue weighted by molar-refractivity contribution is 0.417. The summed E-state index contributed by atoms with van der Waals surface area (Å²) in [4.78, 5) is 1.84. The molecule has 130 valence electrons. The van der Waals surface area contributed by atoms with Crippen LogP contribution in [0.3, 0.4) is 0 Å². The number of hydrogen-bond donors (Lipinski definition) is 0. The monoisotopic (exact) mass is 346 g/mol. The van der Waals surface area contributed by atoms with Gasteiger partial charge in [-0.2, -0.15) is 5.26 Å². The molecule has 2 aromatic rings. The largest absolute Gasteiger partial charge is 0.456 e. The van der Waals surface area contributed by atoms with Gasteiger partial charge in [0.2, 0.25) is 0 Å². The fourth-order valence-corrected chi connectivity index (χ4v) is 2.18. The van der Waals surface area contributed by atoms with Gasteiger partial charge in [-0.3, -0.25) is 0 Å². The summed E-state index contributed by atoms with van der Waals surface area (Å²) in [6.45, 7) is 1.88. The van der Waals surface area contributed by atoms with E-state index in [4.69, 9.17) is 10.00 Å². The van der Waals surface area contributed by atoms with Crippen molar-refractivity contribution in [3.8, 4) is 23.7 Å². The van der Waals surface area contributed by atoms with Crippen LogP contribution in [-0.2, 0) is 0 Å². The quantitative estimate of drug-likeness (QED) is 0.466. The van der Waals surface area contributed by atoms with Crippen LogP contribution in [0.15, 0.2) is 66.6 Å². The Balaban J connectivity index is 2.34. The summed E-state index contributed by atoms with van der Waals surface area (Å²) in [5.74, 6) is 6.30. The Hall–Kier alpha value is -3.50. The van der Waals surface area contributed by atoms with Crippen molar-refractivity contribution in [1.29, 1.82) is 5.26 Å². The molecule has 0 bridgehead atoms. The van der Waals surface area contributed by atoms with Crippen molar-refractivity contribution in [1.82, 2.24) is 4.90 Å². The summed E-state index contributed by atoms with van der Waals surface area (Å²) in [6.07, 6.45) is 5.42. The zero-order chi connectivity index (χ0) is 18.9. The van der Waals surface area contributed by atoms with Gasteiger partial charge in [-0.15, -0.1) is 0 Å². The molecule has 0 fully saturated rings. The van der Waals surface area contributed by atoms with Crippen LogP contribution >= 0.6 is 0 Å². The summed E-state index contributed by atoms with van der Waals surface area (Å²) in [5.41, 5.74) is 1.55. The highest BCUT2D eigenvalue weighted by Gasteiger charge is 2.04. The van der Waals surface area contributed by atoms with Gasteiger partial charge in [0.05, 0.1) is 5.56 Å². The van der Waals surface area contributed by atoms with Crippen molar-refractivity contribution in [3.63, 3.8) is 0 Å². The summed E-state index contributed by atoms with van der Waals surface area (Å²) < 4.78 is 19.7. The Morgan fingerprint density at radius 2 is 1.85 bits per heavy atom. The molecule has 0 unspecified atom stereocenters. The minimum absolute atomic E-state index is 0.356. The fourth-order valence-electron chi connectivity index (χ4n) is 2.18. The van der Waals surface area contributed by atoms with Gasteiger partial charge in [-0.05, 0) is 37.3 Å². The van der Waals surface area contributed by atoms with Crippen molar-refractivity contribution in [2.45, 2.75) is 6.92 Å². The molecule has 0 N–H and O–H groups in total. The maximum absolute atomic E-state index is 13.9. The van der Waals surface area contributed by atoms with E-state index in [1.54, 1.807) is 42.6 Å². The molecule has 0 saturated heterocycles. The van der Waals surface area contributed by atoms with Gasteiger partial charge in [-0.1, -0.05) is 30.0 Å². The number of hydrogen-bond acceptors (Lipinski definition) is 3. The van der Waals surface area contributed by atoms with E-state index in [1.807, 2.05) is 32.0 Å². The smallest absolute Gasteiger partial charge is 0.142 e. The molecule has 0 spiro atoms. The minimum Gasteiger partial charge on any atom is -0.456 e. The maximum atomic E-state index is 13.9. The van der Waals surface area contributed by atoms with Crippen LogP contribution in [0.25, 0.3) is 0 Å². The van der Waals surface area contributed by atoms with E-state index in [9.17, 15) is 4.39 Å². The number of benzene rings is 2. The first-order valence-electron chi connectivity index (χ1n) is 8.02. The van der Waals surface area contributed by atoms with E-state index in [0.29, 0.717) is 28.2 Å². The molecule has 26 heavy (non-hydrogen) atoms. The van der Waals surface area contributed by atoms with Crippen molar-refractivity contribution >= 4 is 0 Å². The van der Waals surface area contributed by atoms with Crippen LogP contribution in [-0.4, -0.2) is 19.0 Å². The Kier molecular flexibility index (Phi) is 6.60. The first kappa shape index (κ1) is 18.8. The van der Waals surface area contributed by atoms with Crippen LogP contribution in [0.2, 0.25) is 0 Å². The second-order valence-corrected chi connectivity index (χ2v) is 5.68. The van der Waals surface area contributed by atoms with Gasteiger partial charge in [0.25, 0.3) is 0 Å². The third-order valence-corrected chi connectivity index (χ3v) is 3.21. The lowest BCUT2D eigenvalue weighted by Gasteiger charge is -2.11. The number of nitriles is 1. The molecule has 0 heterocycles. The molecule has 0 radical (unpaired) electrons. The summed E-state index contributed by atoms with van der Waals surface area (Å²) in [5, 5.41) is 9.11. The lowest BCUT2D eigenvalue weighted by atomic mass is 10.1. The second kappa shape index (κ2) is 9.11. The highest BCUT2D eigenvalue weighted by Crippen LogP contribution is 2.19. The predicted octanol–water partition coefficient (Wildman–Crippen LogP) is 4.46. The standard InChI is InChI=1S/C22H19FN2O/c1-4-7-21(16-25(2)3)26-22-13-17(12-20(23)14-22)10-11-18-8-5-6-9-19(18)15-24/h4-9,12-14,16H,1-3H3/b7-4-,21-16+. The molecule has 0 aliphatic heterocycles. The zero-order valence-electron chi connectivity index (χ0n) is 15.0. The third kappa shape index (κ3) is 5.54. The number of halogens is 1. The SMILES string of the molecule is C/C=C\C(=C/N(C)C)Oc1cc(F)cc(C#Cc2ccccc2C#N)c1. The van der Waals surface area contributed by atoms with Crippen LogP contribution in [0, 0.1) is 29.0 Å². The molecular weight excluding hydrogens is 327 g/mol. The normalized spacial score (nSPS) is 10.8. The van der Waals surface area contributed by atoms with Gasteiger partial charge in [0.1, 0.15) is 23.4 Å². The molecule has 0 aromatic heterocycles. The Morgan fingerprint density at radius 3 is 2.50 bits per heavy atom. The Bertz CT molecular complexity index is 941. The predicted molar refractivity (Wildman–Crippen MR) is 101 cm³/mol. The van der Waals surface area contributed by atoms with Gasteiger partial charge >= 0.3 is 0 Å². The molecule has 3 nitrogen and oxygen atoms in total. The van der Waals surface area contributed by atoms with E-state index >= 15 is 0 Å². The highest BCUT2D eigenvalue weighted by atomic mass is 19.1. The Morgan fingerprint density at radius 1 is 1.12 bits per heavy atom. The van der Waals surface area contributed by atoms with Crippen LogP contribution in [0.1, 0.15) is 23.6 Å². The molecule has 2 rings (SSSR count). The Labute approximate surface area is 153 Å². The minimum atomic E-state index is -0.440. The summed E-state index contributed by atoms with van der Waals surface area (Å²) >= 11 is 0.